The number of likely N-dealkylation sites (N-methyl/N-ethyl adjacent to an activating group) is 1. The van der Waals surface area contributed by atoms with Crippen molar-refractivity contribution in [1.29, 1.82) is 0 Å². The van der Waals surface area contributed by atoms with Crippen LogP contribution in [-0.4, -0.2) is 80.8 Å². The highest BCUT2D eigenvalue weighted by atomic mass is 16.5. The summed E-state index contributed by atoms with van der Waals surface area (Å²) in [6.45, 7) is 6.21. The summed E-state index contributed by atoms with van der Waals surface area (Å²) in [4.78, 5) is 19.7. The number of fused-ring (bicyclic) bond motifs is 1. The number of ether oxygens (including phenoxy) is 2. The molecule has 0 radical (unpaired) electrons. The highest BCUT2D eigenvalue weighted by Crippen LogP contribution is 2.33. The summed E-state index contributed by atoms with van der Waals surface area (Å²) in [5, 5.41) is 0. The number of hydrogen-bond donors (Lipinski definition) is 0. The number of piperazine rings is 1. The molecule has 0 saturated carbocycles. The van der Waals surface area contributed by atoms with Crippen LogP contribution in [0.15, 0.2) is 24.3 Å². The van der Waals surface area contributed by atoms with Gasteiger partial charge in [-0.25, -0.2) is 0 Å². The van der Waals surface area contributed by atoms with E-state index in [2.05, 4.69) is 16.8 Å². The third-order valence-electron chi connectivity index (χ3n) is 5.89. The third kappa shape index (κ3) is 3.26. The van der Waals surface area contributed by atoms with Gasteiger partial charge in [0.25, 0.3) is 0 Å². The molecule has 3 aliphatic heterocycles. The number of hydrogen-bond acceptors (Lipinski definition) is 5. The molecule has 0 aromatic heterocycles. The quantitative estimate of drug-likeness (QED) is 0.806. The van der Waals surface area contributed by atoms with Crippen molar-refractivity contribution in [3.63, 3.8) is 0 Å². The molecule has 0 N–H and O–H groups in total. The second-order valence-corrected chi connectivity index (χ2v) is 7.33. The van der Waals surface area contributed by atoms with Crippen molar-refractivity contribution in [1.82, 2.24) is 9.80 Å². The highest BCUT2D eigenvalue weighted by Gasteiger charge is 2.41. The fourth-order valence-corrected chi connectivity index (χ4v) is 4.28. The first-order valence-corrected chi connectivity index (χ1v) is 9.22. The Bertz CT molecular complexity index is 630. The molecule has 0 aliphatic carbocycles. The van der Waals surface area contributed by atoms with Crippen LogP contribution in [0.5, 0.6) is 5.75 Å². The van der Waals surface area contributed by atoms with Crippen molar-refractivity contribution in [3.05, 3.63) is 24.3 Å². The number of amides is 1. The number of rotatable bonds is 2. The number of para-hydroxylation sites is 2. The predicted molar refractivity (Wildman–Crippen MR) is 96.1 cm³/mol. The Morgan fingerprint density at radius 3 is 2.76 bits per heavy atom. The van der Waals surface area contributed by atoms with E-state index < -0.39 is 0 Å². The van der Waals surface area contributed by atoms with Crippen molar-refractivity contribution in [2.45, 2.75) is 18.4 Å². The first-order valence-electron chi connectivity index (χ1n) is 9.22. The number of benzene rings is 1. The molecule has 1 spiro atoms. The average molecular weight is 345 g/mol. The Labute approximate surface area is 149 Å². The van der Waals surface area contributed by atoms with Gasteiger partial charge < -0.3 is 14.4 Å². The van der Waals surface area contributed by atoms with E-state index in [1.54, 1.807) is 0 Å². The number of nitrogens with zero attached hydrogens (tertiary/aromatic N) is 3. The van der Waals surface area contributed by atoms with Gasteiger partial charge in [-0.1, -0.05) is 12.1 Å². The molecule has 3 aliphatic rings. The second kappa shape index (κ2) is 6.94. The Morgan fingerprint density at radius 2 is 1.92 bits per heavy atom. The van der Waals surface area contributed by atoms with Crippen LogP contribution >= 0.6 is 0 Å². The molecule has 0 atom stereocenters. The molecular weight excluding hydrogens is 318 g/mol. The van der Waals surface area contributed by atoms with Crippen molar-refractivity contribution < 1.29 is 14.3 Å². The summed E-state index contributed by atoms with van der Waals surface area (Å²) in [5.41, 5.74) is 1.06. The van der Waals surface area contributed by atoms with E-state index >= 15 is 0 Å². The van der Waals surface area contributed by atoms with Crippen molar-refractivity contribution in [2.75, 3.05) is 64.5 Å². The maximum atomic E-state index is 13.0. The van der Waals surface area contributed by atoms with Crippen LogP contribution in [0.25, 0.3) is 0 Å². The molecule has 0 bridgehead atoms. The van der Waals surface area contributed by atoms with Gasteiger partial charge in [-0.05, 0) is 32.0 Å². The molecule has 2 saturated heterocycles. The first-order chi connectivity index (χ1) is 12.2. The molecule has 25 heavy (non-hydrogen) atoms. The molecular formula is C19H27N3O3. The zero-order chi connectivity index (χ0) is 17.3. The van der Waals surface area contributed by atoms with Crippen LogP contribution < -0.4 is 9.64 Å². The predicted octanol–water partition coefficient (Wildman–Crippen LogP) is 1.21. The van der Waals surface area contributed by atoms with E-state index in [-0.39, 0.29) is 11.4 Å². The minimum absolute atomic E-state index is 0.166. The molecule has 1 aromatic rings. The molecule has 0 unspecified atom stereocenters. The second-order valence-electron chi connectivity index (χ2n) is 7.33. The molecule has 136 valence electrons. The van der Waals surface area contributed by atoms with E-state index in [0.29, 0.717) is 19.7 Å². The van der Waals surface area contributed by atoms with E-state index in [4.69, 9.17) is 9.47 Å². The first kappa shape index (κ1) is 16.8. The lowest BCUT2D eigenvalue weighted by atomic mass is 9.86. The fourth-order valence-electron chi connectivity index (χ4n) is 4.28. The number of carbonyl (C=O) groups is 1. The van der Waals surface area contributed by atoms with Crippen LogP contribution in [-0.2, 0) is 9.53 Å². The van der Waals surface area contributed by atoms with Gasteiger partial charge in [0.1, 0.15) is 12.4 Å². The van der Waals surface area contributed by atoms with E-state index in [1.165, 1.54) is 0 Å². The summed E-state index contributed by atoms with van der Waals surface area (Å²) in [5.74, 6) is 0.976. The van der Waals surface area contributed by atoms with E-state index in [9.17, 15) is 4.79 Å². The maximum Gasteiger partial charge on any atom is 0.241 e. The van der Waals surface area contributed by atoms with Gasteiger partial charge in [0.2, 0.25) is 5.91 Å². The molecule has 1 aromatic carbocycles. The Morgan fingerprint density at radius 1 is 1.12 bits per heavy atom. The van der Waals surface area contributed by atoms with Crippen LogP contribution in [0.4, 0.5) is 5.69 Å². The largest absolute Gasteiger partial charge is 0.490 e. The summed E-state index contributed by atoms with van der Waals surface area (Å²) < 4.78 is 11.2. The topological polar surface area (TPSA) is 45.2 Å². The number of anilines is 1. The Balaban J connectivity index is 1.45. The molecule has 1 amide bonds. The minimum atomic E-state index is 0.166. The monoisotopic (exact) mass is 345 g/mol. The van der Waals surface area contributed by atoms with Gasteiger partial charge >= 0.3 is 0 Å². The van der Waals surface area contributed by atoms with Crippen molar-refractivity contribution in [2.24, 2.45) is 0 Å². The van der Waals surface area contributed by atoms with Gasteiger partial charge in [-0.15, -0.1) is 0 Å². The fraction of sp³-hybridized carbons (Fsp3) is 0.632. The highest BCUT2D eigenvalue weighted by molar-refractivity contribution is 5.96. The van der Waals surface area contributed by atoms with Crippen LogP contribution in [0.2, 0.25) is 0 Å². The molecule has 2 fully saturated rings. The Hall–Kier alpha value is -1.63. The lowest BCUT2D eigenvalue weighted by Crippen LogP contribution is -2.63. The normalized spacial score (nSPS) is 24.0. The van der Waals surface area contributed by atoms with Gasteiger partial charge in [-0.3, -0.25) is 14.6 Å². The zero-order valence-electron chi connectivity index (χ0n) is 14.9. The third-order valence-corrected chi connectivity index (χ3v) is 5.89. The van der Waals surface area contributed by atoms with E-state index in [0.717, 1.165) is 57.1 Å². The molecule has 4 rings (SSSR count). The van der Waals surface area contributed by atoms with Gasteiger partial charge in [0.15, 0.2) is 0 Å². The SMILES string of the molecule is CN1CCN(CC(=O)N2CCOc3ccccc32)CC12CCOCC2. The Kier molecular flexibility index (Phi) is 4.67. The van der Waals surface area contributed by atoms with Gasteiger partial charge in [0, 0.05) is 38.4 Å². The molecule has 3 heterocycles. The average Bonchev–Trinajstić information content (AvgIpc) is 2.65. The van der Waals surface area contributed by atoms with Crippen LogP contribution in [0.3, 0.4) is 0 Å². The summed E-state index contributed by atoms with van der Waals surface area (Å²) in [6.07, 6.45) is 2.10. The lowest BCUT2D eigenvalue weighted by Gasteiger charge is -2.51. The van der Waals surface area contributed by atoms with Crippen molar-refractivity contribution >= 4 is 11.6 Å². The van der Waals surface area contributed by atoms with E-state index in [1.807, 2.05) is 29.2 Å². The molecule has 6 nitrogen and oxygen atoms in total. The lowest BCUT2D eigenvalue weighted by molar-refractivity contribution is -0.122. The zero-order valence-corrected chi connectivity index (χ0v) is 14.9. The standard InChI is InChI=1S/C19H27N3O3/c1-20-8-9-21(15-19(20)6-11-24-12-7-19)14-18(23)22-10-13-25-17-5-3-2-4-16(17)22/h2-5H,6-15H2,1H3. The summed E-state index contributed by atoms with van der Waals surface area (Å²) in [6, 6.07) is 7.81. The van der Waals surface area contributed by atoms with Crippen molar-refractivity contribution in [3.8, 4) is 5.75 Å². The number of carbonyl (C=O) groups excluding carboxylic acids is 1. The van der Waals surface area contributed by atoms with Crippen LogP contribution in [0, 0.1) is 0 Å². The van der Waals surface area contributed by atoms with Gasteiger partial charge in [0.05, 0.1) is 18.8 Å². The summed E-state index contributed by atoms with van der Waals surface area (Å²) in [7, 11) is 2.21. The maximum absolute atomic E-state index is 13.0. The van der Waals surface area contributed by atoms with Crippen LogP contribution in [0.1, 0.15) is 12.8 Å². The minimum Gasteiger partial charge on any atom is -0.490 e. The smallest absolute Gasteiger partial charge is 0.241 e. The van der Waals surface area contributed by atoms with Gasteiger partial charge in [-0.2, -0.15) is 0 Å². The molecule has 6 heteroatoms. The summed E-state index contributed by atoms with van der Waals surface area (Å²) >= 11 is 0.